The van der Waals surface area contributed by atoms with Crippen LogP contribution in [0.25, 0.3) is 0 Å². The van der Waals surface area contributed by atoms with Gasteiger partial charge in [-0.25, -0.2) is 4.98 Å². The first kappa shape index (κ1) is 13.1. The van der Waals surface area contributed by atoms with Crippen LogP contribution in [0.1, 0.15) is 20.3 Å². The van der Waals surface area contributed by atoms with Crippen molar-refractivity contribution in [3.8, 4) is 0 Å². The van der Waals surface area contributed by atoms with Crippen molar-refractivity contribution >= 4 is 5.95 Å². The number of aromatic nitrogens is 2. The van der Waals surface area contributed by atoms with Crippen molar-refractivity contribution in [2.24, 2.45) is 5.92 Å². The smallest absolute Gasteiger partial charge is 0.203 e. The van der Waals surface area contributed by atoms with Crippen LogP contribution in [0, 0.1) is 5.92 Å². The SMILES string of the molecule is C=CCNc1nccn1CC1CCN(C(C)C)C1. The molecule has 2 heterocycles. The Labute approximate surface area is 110 Å². The molecule has 0 spiro atoms. The molecule has 4 nitrogen and oxygen atoms in total. The Morgan fingerprint density at radius 1 is 1.61 bits per heavy atom. The average Bonchev–Trinajstić information content (AvgIpc) is 2.96. The molecule has 2 rings (SSSR count). The molecule has 1 unspecified atom stereocenters. The Balaban J connectivity index is 1.90. The zero-order valence-corrected chi connectivity index (χ0v) is 11.5. The number of anilines is 1. The van der Waals surface area contributed by atoms with Crippen LogP contribution in [0.3, 0.4) is 0 Å². The van der Waals surface area contributed by atoms with Crippen molar-refractivity contribution in [2.45, 2.75) is 32.9 Å². The monoisotopic (exact) mass is 248 g/mol. The minimum Gasteiger partial charge on any atom is -0.352 e. The van der Waals surface area contributed by atoms with Gasteiger partial charge in [0.2, 0.25) is 5.95 Å². The summed E-state index contributed by atoms with van der Waals surface area (Å²) in [6.07, 6.45) is 7.07. The molecule has 1 N–H and O–H groups in total. The molecule has 1 aromatic heterocycles. The molecule has 0 radical (unpaired) electrons. The molecule has 18 heavy (non-hydrogen) atoms. The fourth-order valence-electron chi connectivity index (χ4n) is 2.55. The van der Waals surface area contributed by atoms with Gasteiger partial charge < -0.3 is 14.8 Å². The van der Waals surface area contributed by atoms with Crippen molar-refractivity contribution in [1.82, 2.24) is 14.5 Å². The number of nitrogens with zero attached hydrogens (tertiary/aromatic N) is 3. The summed E-state index contributed by atoms with van der Waals surface area (Å²) in [5.41, 5.74) is 0. The highest BCUT2D eigenvalue weighted by atomic mass is 15.2. The lowest BCUT2D eigenvalue weighted by Crippen LogP contribution is -2.28. The Bertz CT molecular complexity index is 383. The first-order valence-corrected chi connectivity index (χ1v) is 6.80. The van der Waals surface area contributed by atoms with Crippen LogP contribution in [-0.2, 0) is 6.54 Å². The van der Waals surface area contributed by atoms with E-state index in [9.17, 15) is 0 Å². The maximum Gasteiger partial charge on any atom is 0.203 e. The number of hydrogen-bond donors (Lipinski definition) is 1. The fourth-order valence-corrected chi connectivity index (χ4v) is 2.55. The van der Waals surface area contributed by atoms with E-state index in [1.54, 1.807) is 0 Å². The maximum atomic E-state index is 4.34. The van der Waals surface area contributed by atoms with E-state index in [4.69, 9.17) is 0 Å². The van der Waals surface area contributed by atoms with Crippen LogP contribution < -0.4 is 5.32 Å². The van der Waals surface area contributed by atoms with E-state index in [1.807, 2.05) is 12.3 Å². The van der Waals surface area contributed by atoms with Crippen molar-refractivity contribution < 1.29 is 0 Å². The van der Waals surface area contributed by atoms with Crippen molar-refractivity contribution in [3.63, 3.8) is 0 Å². The van der Waals surface area contributed by atoms with Gasteiger partial charge in [0.05, 0.1) is 0 Å². The largest absolute Gasteiger partial charge is 0.352 e. The third-order valence-corrected chi connectivity index (χ3v) is 3.62. The van der Waals surface area contributed by atoms with Gasteiger partial charge in [0, 0.05) is 38.1 Å². The van der Waals surface area contributed by atoms with E-state index in [-0.39, 0.29) is 0 Å². The van der Waals surface area contributed by atoms with E-state index in [0.29, 0.717) is 6.04 Å². The zero-order chi connectivity index (χ0) is 13.0. The summed E-state index contributed by atoms with van der Waals surface area (Å²) in [7, 11) is 0. The molecule has 1 saturated heterocycles. The lowest BCUT2D eigenvalue weighted by Gasteiger charge is -2.20. The van der Waals surface area contributed by atoms with Crippen LogP contribution >= 0.6 is 0 Å². The summed E-state index contributed by atoms with van der Waals surface area (Å²) in [6.45, 7) is 12.5. The highest BCUT2D eigenvalue weighted by molar-refractivity contribution is 5.26. The van der Waals surface area contributed by atoms with Crippen LogP contribution in [0.2, 0.25) is 0 Å². The van der Waals surface area contributed by atoms with Gasteiger partial charge in [-0.05, 0) is 32.7 Å². The van der Waals surface area contributed by atoms with Crippen molar-refractivity contribution in [3.05, 3.63) is 25.0 Å². The van der Waals surface area contributed by atoms with E-state index in [1.165, 1.54) is 19.5 Å². The molecule has 0 bridgehead atoms. The van der Waals surface area contributed by atoms with Crippen LogP contribution in [0.4, 0.5) is 5.95 Å². The summed E-state index contributed by atoms with van der Waals surface area (Å²) in [5.74, 6) is 1.70. The topological polar surface area (TPSA) is 33.1 Å². The minimum atomic E-state index is 0.663. The van der Waals surface area contributed by atoms with Crippen molar-refractivity contribution in [1.29, 1.82) is 0 Å². The third kappa shape index (κ3) is 3.13. The molecule has 1 aliphatic rings. The van der Waals surface area contributed by atoms with Gasteiger partial charge in [-0.2, -0.15) is 0 Å². The van der Waals surface area contributed by atoms with Gasteiger partial charge in [0.15, 0.2) is 0 Å². The van der Waals surface area contributed by atoms with Crippen LogP contribution in [0.15, 0.2) is 25.0 Å². The molecule has 1 aromatic rings. The molecule has 0 aliphatic carbocycles. The van der Waals surface area contributed by atoms with Gasteiger partial charge in [-0.15, -0.1) is 6.58 Å². The first-order valence-electron chi connectivity index (χ1n) is 6.80. The molecular weight excluding hydrogens is 224 g/mol. The Hall–Kier alpha value is -1.29. The lowest BCUT2D eigenvalue weighted by atomic mass is 10.1. The third-order valence-electron chi connectivity index (χ3n) is 3.62. The minimum absolute atomic E-state index is 0.663. The maximum absolute atomic E-state index is 4.34. The first-order chi connectivity index (χ1) is 8.70. The number of hydrogen-bond acceptors (Lipinski definition) is 3. The van der Waals surface area contributed by atoms with Crippen molar-refractivity contribution in [2.75, 3.05) is 25.0 Å². The van der Waals surface area contributed by atoms with Crippen LogP contribution in [-0.4, -0.2) is 40.1 Å². The Morgan fingerprint density at radius 2 is 2.44 bits per heavy atom. The molecular formula is C14H24N4. The highest BCUT2D eigenvalue weighted by Gasteiger charge is 2.24. The van der Waals surface area contributed by atoms with E-state index >= 15 is 0 Å². The van der Waals surface area contributed by atoms with E-state index in [0.717, 1.165) is 25.0 Å². The molecule has 0 amide bonds. The number of rotatable bonds is 6. The average molecular weight is 248 g/mol. The number of nitrogens with one attached hydrogen (secondary N) is 1. The van der Waals surface area contributed by atoms with Gasteiger partial charge >= 0.3 is 0 Å². The van der Waals surface area contributed by atoms with Gasteiger partial charge in [0.1, 0.15) is 0 Å². The second-order valence-electron chi connectivity index (χ2n) is 5.32. The predicted octanol–water partition coefficient (Wildman–Crippen LogP) is 2.21. The van der Waals surface area contributed by atoms with E-state index < -0.39 is 0 Å². The van der Waals surface area contributed by atoms with E-state index in [2.05, 4.69) is 46.4 Å². The standard InChI is InChI=1S/C14H24N4/c1-4-6-15-14-16-7-9-18(14)11-13-5-8-17(10-13)12(2)3/h4,7,9,12-13H,1,5-6,8,10-11H2,2-3H3,(H,15,16). The molecule has 1 fully saturated rings. The lowest BCUT2D eigenvalue weighted by molar-refractivity contribution is 0.261. The second kappa shape index (κ2) is 6.05. The van der Waals surface area contributed by atoms with Gasteiger partial charge in [-0.1, -0.05) is 6.08 Å². The van der Waals surface area contributed by atoms with Gasteiger partial charge in [0.25, 0.3) is 0 Å². The Kier molecular flexibility index (Phi) is 4.42. The second-order valence-corrected chi connectivity index (χ2v) is 5.32. The fraction of sp³-hybridized carbons (Fsp3) is 0.643. The molecule has 0 aromatic carbocycles. The normalized spacial score (nSPS) is 20.5. The molecule has 0 saturated carbocycles. The molecule has 1 aliphatic heterocycles. The zero-order valence-electron chi connectivity index (χ0n) is 11.5. The number of likely N-dealkylation sites (tertiary alicyclic amines) is 1. The molecule has 1 atom stereocenters. The van der Waals surface area contributed by atoms with Gasteiger partial charge in [-0.3, -0.25) is 0 Å². The summed E-state index contributed by atoms with van der Waals surface area (Å²) < 4.78 is 2.22. The highest BCUT2D eigenvalue weighted by Crippen LogP contribution is 2.21. The van der Waals surface area contributed by atoms with Crippen LogP contribution in [0.5, 0.6) is 0 Å². The quantitative estimate of drug-likeness (QED) is 0.784. The summed E-state index contributed by atoms with van der Waals surface area (Å²) >= 11 is 0. The molecule has 4 heteroatoms. The summed E-state index contributed by atoms with van der Waals surface area (Å²) in [4.78, 5) is 6.89. The Morgan fingerprint density at radius 3 is 3.11 bits per heavy atom. The molecule has 100 valence electrons. The summed E-state index contributed by atoms with van der Waals surface area (Å²) in [6, 6.07) is 0.663. The number of imidazole rings is 1. The summed E-state index contributed by atoms with van der Waals surface area (Å²) in [5, 5.41) is 3.27. The predicted molar refractivity (Wildman–Crippen MR) is 75.7 cm³/mol.